The number of aromatic amines is 1. The minimum absolute atomic E-state index is 0.179. The Morgan fingerprint density at radius 1 is 1.16 bits per heavy atom. The molecule has 0 fully saturated rings. The van der Waals surface area contributed by atoms with Crippen LogP contribution in [0.25, 0.3) is 22.1 Å². The van der Waals surface area contributed by atoms with Crippen LogP contribution in [0.5, 0.6) is 0 Å². The van der Waals surface area contributed by atoms with Crippen molar-refractivity contribution in [3.63, 3.8) is 0 Å². The topological polar surface area (TPSA) is 126 Å². The Labute approximate surface area is 182 Å². The predicted octanol–water partition coefficient (Wildman–Crippen LogP) is 3.20. The van der Waals surface area contributed by atoms with E-state index in [1.54, 1.807) is 24.8 Å². The second-order valence-corrected chi connectivity index (χ2v) is 7.36. The first kappa shape index (κ1) is 19.6. The molecule has 5 rings (SSSR count). The summed E-state index contributed by atoms with van der Waals surface area (Å²) in [4.78, 5) is 38.4. The molecule has 1 atom stereocenters. The van der Waals surface area contributed by atoms with E-state index in [0.717, 1.165) is 5.56 Å². The molecule has 5 aromatic rings. The fourth-order valence-corrected chi connectivity index (χ4v) is 3.70. The highest BCUT2D eigenvalue weighted by Crippen LogP contribution is 2.25. The van der Waals surface area contributed by atoms with Gasteiger partial charge in [0.2, 0.25) is 0 Å². The summed E-state index contributed by atoms with van der Waals surface area (Å²) in [5.41, 5.74) is 6.44. The molecule has 32 heavy (non-hydrogen) atoms. The van der Waals surface area contributed by atoms with Crippen LogP contribution in [0.15, 0.2) is 60.2 Å². The minimum Gasteiger partial charge on any atom is -0.358 e. The van der Waals surface area contributed by atoms with E-state index in [2.05, 4.69) is 35.7 Å². The van der Waals surface area contributed by atoms with Crippen molar-refractivity contribution in [3.8, 4) is 0 Å². The highest BCUT2D eigenvalue weighted by atomic mass is 16.1. The number of anilines is 2. The molecule has 0 aliphatic rings. The molecule has 4 aromatic heterocycles. The number of hydrogen-bond acceptors (Lipinski definition) is 8. The molecule has 4 heterocycles. The Bertz CT molecular complexity index is 1460. The lowest BCUT2D eigenvalue weighted by Gasteiger charge is -2.23. The molecule has 3 N–H and O–H groups in total. The van der Waals surface area contributed by atoms with Crippen molar-refractivity contribution >= 4 is 33.6 Å². The van der Waals surface area contributed by atoms with Gasteiger partial charge < -0.3 is 10.3 Å². The highest BCUT2D eigenvalue weighted by molar-refractivity contribution is 5.83. The lowest BCUT2D eigenvalue weighted by atomic mass is 10.1. The summed E-state index contributed by atoms with van der Waals surface area (Å²) in [5.74, 6) is 1.12. The number of nitrogens with one attached hydrogen (secondary N) is 3. The Balaban J connectivity index is 1.67. The van der Waals surface area contributed by atoms with Gasteiger partial charge in [0.15, 0.2) is 17.3 Å². The van der Waals surface area contributed by atoms with Crippen molar-refractivity contribution in [2.45, 2.75) is 26.3 Å². The number of aryl methyl sites for hydroxylation is 1. The van der Waals surface area contributed by atoms with Gasteiger partial charge in [-0.05, 0) is 37.1 Å². The van der Waals surface area contributed by atoms with Gasteiger partial charge in [-0.1, -0.05) is 19.1 Å². The molecule has 0 radical (unpaired) electrons. The third-order valence-electron chi connectivity index (χ3n) is 5.29. The van der Waals surface area contributed by atoms with Gasteiger partial charge in [-0.2, -0.15) is 0 Å². The van der Waals surface area contributed by atoms with Crippen LogP contribution in [0.2, 0.25) is 0 Å². The first-order chi connectivity index (χ1) is 15.7. The summed E-state index contributed by atoms with van der Waals surface area (Å²) < 4.78 is 1.48. The summed E-state index contributed by atoms with van der Waals surface area (Å²) in [5, 5.41) is 3.98. The third kappa shape index (κ3) is 3.41. The zero-order valence-corrected chi connectivity index (χ0v) is 17.6. The maximum atomic E-state index is 13.6. The second kappa shape index (κ2) is 8.06. The van der Waals surface area contributed by atoms with E-state index < -0.39 is 0 Å². The van der Waals surface area contributed by atoms with E-state index in [9.17, 15) is 4.79 Å². The number of rotatable bonds is 6. The molecular weight excluding hydrogens is 406 g/mol. The van der Waals surface area contributed by atoms with Crippen LogP contribution in [-0.2, 0) is 0 Å². The second-order valence-electron chi connectivity index (χ2n) is 7.36. The molecular formula is C22H21N9O. The van der Waals surface area contributed by atoms with Crippen molar-refractivity contribution in [1.29, 1.82) is 0 Å². The number of imidazole rings is 1. The average molecular weight is 427 g/mol. The number of aromatic nitrogens is 7. The van der Waals surface area contributed by atoms with Gasteiger partial charge in [0.05, 0.1) is 35.2 Å². The number of hydrogen-bond donors (Lipinski definition) is 3. The standard InChI is InChI=1S/C22H21N9O/c1-3-15(28-20-18-19(25-11-24-18)26-12-27-20)21-29-16-8-4-6-13(2)17(16)22(32)31(21)30-14-7-5-9-23-10-14/h4-12,15,30H,3H2,1-2H3,(H2,24,25,26,27,28). The lowest BCUT2D eigenvalue weighted by molar-refractivity contribution is 0.640. The Morgan fingerprint density at radius 2 is 2.06 bits per heavy atom. The van der Waals surface area contributed by atoms with Gasteiger partial charge in [-0.25, -0.2) is 24.6 Å². The summed E-state index contributed by atoms with van der Waals surface area (Å²) >= 11 is 0. The van der Waals surface area contributed by atoms with Crippen LogP contribution < -0.4 is 16.3 Å². The lowest BCUT2D eigenvalue weighted by Crippen LogP contribution is -2.34. The van der Waals surface area contributed by atoms with E-state index in [1.807, 2.05) is 38.1 Å². The molecule has 0 amide bonds. The maximum absolute atomic E-state index is 13.6. The Kier molecular flexibility index (Phi) is 4.94. The van der Waals surface area contributed by atoms with Gasteiger partial charge in [-0.3, -0.25) is 15.2 Å². The SMILES string of the molecule is CCC(Nc1ncnc2nc[nH]c12)c1nc2cccc(C)c2c(=O)n1Nc1cccnc1. The monoisotopic (exact) mass is 427 g/mol. The van der Waals surface area contributed by atoms with Gasteiger partial charge in [0.1, 0.15) is 11.8 Å². The molecule has 0 saturated heterocycles. The minimum atomic E-state index is -0.321. The van der Waals surface area contributed by atoms with E-state index in [0.29, 0.717) is 45.8 Å². The van der Waals surface area contributed by atoms with E-state index in [1.165, 1.54) is 11.0 Å². The highest BCUT2D eigenvalue weighted by Gasteiger charge is 2.22. The third-order valence-corrected chi connectivity index (χ3v) is 5.29. The normalized spacial score (nSPS) is 12.2. The van der Waals surface area contributed by atoms with Gasteiger partial charge >= 0.3 is 0 Å². The van der Waals surface area contributed by atoms with Crippen molar-refractivity contribution in [1.82, 2.24) is 34.6 Å². The number of nitrogens with zero attached hydrogens (tertiary/aromatic N) is 6. The van der Waals surface area contributed by atoms with Gasteiger partial charge in [-0.15, -0.1) is 0 Å². The molecule has 10 heteroatoms. The zero-order chi connectivity index (χ0) is 22.1. The fraction of sp³-hybridized carbons (Fsp3) is 0.182. The van der Waals surface area contributed by atoms with E-state index in [-0.39, 0.29) is 11.6 Å². The van der Waals surface area contributed by atoms with Crippen LogP contribution in [0.3, 0.4) is 0 Å². The van der Waals surface area contributed by atoms with Crippen molar-refractivity contribution in [2.75, 3.05) is 10.7 Å². The van der Waals surface area contributed by atoms with Crippen LogP contribution in [0, 0.1) is 6.92 Å². The first-order valence-corrected chi connectivity index (χ1v) is 10.3. The molecule has 0 spiro atoms. The summed E-state index contributed by atoms with van der Waals surface area (Å²) in [7, 11) is 0. The zero-order valence-electron chi connectivity index (χ0n) is 17.6. The van der Waals surface area contributed by atoms with Crippen LogP contribution in [0.1, 0.15) is 30.8 Å². The quantitative estimate of drug-likeness (QED) is 0.377. The largest absolute Gasteiger partial charge is 0.358 e. The first-order valence-electron chi connectivity index (χ1n) is 10.3. The van der Waals surface area contributed by atoms with Crippen LogP contribution >= 0.6 is 0 Å². The van der Waals surface area contributed by atoms with E-state index in [4.69, 9.17) is 4.98 Å². The predicted molar refractivity (Wildman–Crippen MR) is 122 cm³/mol. The van der Waals surface area contributed by atoms with Gasteiger partial charge in [0.25, 0.3) is 5.56 Å². The molecule has 0 aliphatic heterocycles. The molecule has 1 unspecified atom stereocenters. The number of fused-ring (bicyclic) bond motifs is 2. The number of H-pyrrole nitrogens is 1. The van der Waals surface area contributed by atoms with Crippen molar-refractivity contribution < 1.29 is 0 Å². The molecule has 1 aromatic carbocycles. The van der Waals surface area contributed by atoms with Crippen LogP contribution in [0.4, 0.5) is 11.5 Å². The average Bonchev–Trinajstić information content (AvgIpc) is 3.30. The van der Waals surface area contributed by atoms with Crippen molar-refractivity contribution in [3.05, 3.63) is 77.1 Å². The molecule has 0 saturated carbocycles. The smallest absolute Gasteiger partial charge is 0.280 e. The van der Waals surface area contributed by atoms with Crippen molar-refractivity contribution in [2.24, 2.45) is 0 Å². The summed E-state index contributed by atoms with van der Waals surface area (Å²) in [6, 6.07) is 8.99. The molecule has 0 bridgehead atoms. The molecule has 160 valence electrons. The fourth-order valence-electron chi connectivity index (χ4n) is 3.70. The Hall–Kier alpha value is -4.34. The number of benzene rings is 1. The maximum Gasteiger partial charge on any atom is 0.280 e. The molecule has 0 aliphatic carbocycles. The van der Waals surface area contributed by atoms with E-state index >= 15 is 0 Å². The Morgan fingerprint density at radius 3 is 2.88 bits per heavy atom. The van der Waals surface area contributed by atoms with Crippen LogP contribution in [-0.4, -0.2) is 34.6 Å². The summed E-state index contributed by atoms with van der Waals surface area (Å²) in [6.45, 7) is 3.93. The molecule has 10 nitrogen and oxygen atoms in total. The van der Waals surface area contributed by atoms with Gasteiger partial charge in [0, 0.05) is 6.20 Å². The summed E-state index contributed by atoms with van der Waals surface area (Å²) in [6.07, 6.45) is 7.01. The number of pyridine rings is 1.